The molecule has 0 aliphatic rings. The molecule has 0 aliphatic heterocycles. The predicted molar refractivity (Wildman–Crippen MR) is 24.4 cm³/mol. The molecule has 7 heteroatoms. The van der Waals surface area contributed by atoms with Crippen molar-refractivity contribution in [3.8, 4) is 0 Å². The fraction of sp³-hybridized carbons (Fsp3) is 0. The van der Waals surface area contributed by atoms with E-state index in [1.54, 1.807) is 0 Å². The van der Waals surface area contributed by atoms with Crippen LogP contribution in [0.4, 0.5) is 0 Å². The van der Waals surface area contributed by atoms with Crippen LogP contribution in [0.1, 0.15) is 0 Å². The van der Waals surface area contributed by atoms with E-state index < -0.39 is 0 Å². The summed E-state index contributed by atoms with van der Waals surface area (Å²) in [5.74, 6) is 0. The first-order chi connectivity index (χ1) is 0. The zero-order chi connectivity index (χ0) is 0. The van der Waals surface area contributed by atoms with Gasteiger partial charge in [-0.1, -0.05) is 0 Å². The molecule has 0 spiro atoms. The van der Waals surface area contributed by atoms with Crippen LogP contribution in [0.2, 0.25) is 0 Å². The molecule has 0 rings (SSSR count). The molecule has 0 radical (unpaired) electrons. The Labute approximate surface area is 86.1 Å². The third-order valence-corrected chi connectivity index (χ3v) is 0. The van der Waals surface area contributed by atoms with E-state index >= 15 is 0 Å². The Bertz CT molecular complexity index is 11.7. The van der Waals surface area contributed by atoms with E-state index in [9.17, 15) is 0 Å². The van der Waals surface area contributed by atoms with Gasteiger partial charge in [0.25, 0.3) is 0 Å². The maximum absolute atomic E-state index is 0. The molecular formula is H11BiFeO4Ti. The van der Waals surface area contributed by atoms with Crippen molar-refractivity contribution < 1.29 is 60.7 Å². The molecule has 4 nitrogen and oxygen atoms in total. The smallest absolute Gasteiger partial charge is 0 e. The van der Waals surface area contributed by atoms with Gasteiger partial charge in [-0.05, 0) is 0 Å². The quantitative estimate of drug-likeness (QED) is 0.372. The number of hydrogen-bond donors (Lipinski definition) is 0. The zero-order valence-corrected chi connectivity index (χ0v) is 11.7. The van der Waals surface area contributed by atoms with Crippen molar-refractivity contribution >= 4 is 26.2 Å². The summed E-state index contributed by atoms with van der Waals surface area (Å²) in [5, 5.41) is 0. The van der Waals surface area contributed by atoms with E-state index in [0.29, 0.717) is 0 Å². The summed E-state index contributed by atoms with van der Waals surface area (Å²) in [4.78, 5) is 0. The van der Waals surface area contributed by atoms with Crippen molar-refractivity contribution in [2.45, 2.75) is 0 Å². The molecule has 0 unspecified atom stereocenters. The number of hydrogen-bond acceptors (Lipinski definition) is 0. The van der Waals surface area contributed by atoms with Crippen LogP contribution in [0.5, 0.6) is 0 Å². The summed E-state index contributed by atoms with van der Waals surface area (Å²) in [7, 11) is 0. The Balaban J connectivity index is 0. The molecule has 0 aromatic rings. The minimum atomic E-state index is 0. The average molecular weight is 388 g/mol. The van der Waals surface area contributed by atoms with Crippen molar-refractivity contribution in [2.24, 2.45) is 0 Å². The van der Waals surface area contributed by atoms with E-state index in [0.717, 1.165) is 0 Å². The normalized spacial score (nSPS) is 0. The van der Waals surface area contributed by atoms with Gasteiger partial charge in [-0.15, -0.1) is 0 Å². The zero-order valence-electron chi connectivity index (χ0n) is 3.56. The maximum Gasteiger partial charge on any atom is 0 e. The molecule has 0 atom stereocenters. The van der Waals surface area contributed by atoms with E-state index in [1.165, 1.54) is 0 Å². The Morgan fingerprint density at radius 2 is 0.571 bits per heavy atom. The van der Waals surface area contributed by atoms with Gasteiger partial charge in [-0.2, -0.15) is 0 Å². The summed E-state index contributed by atoms with van der Waals surface area (Å²) in [5.41, 5.74) is 0. The summed E-state index contributed by atoms with van der Waals surface area (Å²) in [6.07, 6.45) is 0. The van der Waals surface area contributed by atoms with Crippen LogP contribution in [0.3, 0.4) is 0 Å². The van der Waals surface area contributed by atoms with Gasteiger partial charge in [0.15, 0.2) is 0 Å². The van der Waals surface area contributed by atoms with E-state index in [2.05, 4.69) is 0 Å². The van der Waals surface area contributed by atoms with Crippen molar-refractivity contribution in [2.75, 3.05) is 0 Å². The summed E-state index contributed by atoms with van der Waals surface area (Å²) in [6.45, 7) is 0. The third kappa shape index (κ3) is 73.7. The van der Waals surface area contributed by atoms with Crippen molar-refractivity contribution in [1.29, 1.82) is 0 Å². The van der Waals surface area contributed by atoms with Crippen LogP contribution < -0.4 is 0 Å². The van der Waals surface area contributed by atoms with Gasteiger partial charge < -0.3 is 21.9 Å². The second-order valence-electron chi connectivity index (χ2n) is 0. The molecule has 7 heavy (non-hydrogen) atoms. The largest absolute Gasteiger partial charge is 0 e. The Morgan fingerprint density at radius 1 is 0.571 bits per heavy atom. The summed E-state index contributed by atoms with van der Waals surface area (Å²) >= 11 is 0. The predicted octanol–water partition coefficient (Wildman–Crippen LogP) is -4.49. The van der Waals surface area contributed by atoms with E-state index in [1.807, 2.05) is 0 Å². The topological polar surface area (TPSA) is 126 Å². The Hall–Kier alpha value is 1.96. The van der Waals surface area contributed by atoms with Crippen molar-refractivity contribution in [1.82, 2.24) is 0 Å². The van der Waals surface area contributed by atoms with Gasteiger partial charge in [0.05, 0.1) is 0 Å². The summed E-state index contributed by atoms with van der Waals surface area (Å²) < 4.78 is 0. The minimum absolute atomic E-state index is 0. The van der Waals surface area contributed by atoms with Gasteiger partial charge in [0, 0.05) is 38.8 Å². The first-order valence-electron chi connectivity index (χ1n) is 0. The molecule has 0 aromatic carbocycles. The molecule has 0 amide bonds. The van der Waals surface area contributed by atoms with E-state index in [-0.39, 0.29) is 86.9 Å². The van der Waals surface area contributed by atoms with Crippen LogP contribution in [0.25, 0.3) is 0 Å². The Kier molecular flexibility index (Phi) is 2130. The van der Waals surface area contributed by atoms with Gasteiger partial charge in [0.2, 0.25) is 0 Å². The molecule has 0 heterocycles. The Morgan fingerprint density at radius 3 is 0.571 bits per heavy atom. The fourth-order valence-electron chi connectivity index (χ4n) is 0. The van der Waals surface area contributed by atoms with Crippen molar-refractivity contribution in [3.05, 3.63) is 0 Å². The van der Waals surface area contributed by atoms with Crippen LogP contribution in [0.15, 0.2) is 0 Å². The minimum Gasteiger partial charge on any atom is 0 e. The first-order valence-corrected chi connectivity index (χ1v) is 0. The standard InChI is InChI=1S/Bi.Fe.4H2O.Ti.3H/h;;4*1H2;;;;. The van der Waals surface area contributed by atoms with Gasteiger partial charge in [-0.25, -0.2) is 0 Å². The average Bonchev–Trinajstić information content (AvgIpc) is 0. The fourth-order valence-corrected chi connectivity index (χ4v) is 0. The second kappa shape index (κ2) is 101. The molecule has 0 aromatic heterocycles. The third-order valence-electron chi connectivity index (χ3n) is 0. The first kappa shape index (κ1) is 148. The molecule has 8 N–H and O–H groups in total. The van der Waals surface area contributed by atoms with E-state index in [4.69, 9.17) is 0 Å². The van der Waals surface area contributed by atoms with Gasteiger partial charge in [-0.3, -0.25) is 0 Å². The molecule has 0 bridgehead atoms. The molecule has 0 aliphatic carbocycles. The van der Waals surface area contributed by atoms with Crippen LogP contribution in [-0.4, -0.2) is 48.1 Å². The molecule has 52 valence electrons. The molecule has 0 saturated carbocycles. The van der Waals surface area contributed by atoms with Crippen molar-refractivity contribution in [3.63, 3.8) is 0 Å². The monoisotopic (exact) mass is 388 g/mol. The number of rotatable bonds is 0. The van der Waals surface area contributed by atoms with Gasteiger partial charge in [0.1, 0.15) is 0 Å². The maximum atomic E-state index is 0. The van der Waals surface area contributed by atoms with Crippen LogP contribution in [0, 0.1) is 0 Å². The summed E-state index contributed by atoms with van der Waals surface area (Å²) in [6, 6.07) is 0. The SMILES string of the molecule is O.O.O.O.[BiH3].[Fe].[Ti]. The van der Waals surface area contributed by atoms with Crippen LogP contribution in [-0.2, 0) is 38.8 Å². The van der Waals surface area contributed by atoms with Crippen LogP contribution >= 0.6 is 0 Å². The molecular weight excluding hydrogens is 377 g/mol. The second-order valence-corrected chi connectivity index (χ2v) is 0. The molecule has 0 fully saturated rings. The van der Waals surface area contributed by atoms with Gasteiger partial charge >= 0.3 is 26.2 Å². The molecule has 0 saturated heterocycles.